The maximum Gasteiger partial charge on any atom is 0.277 e. The molecule has 7 nitrogen and oxygen atoms in total. The number of amides is 2. The average molecular weight is 652 g/mol. The molecule has 0 fully saturated rings. The highest BCUT2D eigenvalue weighted by Gasteiger charge is 2.12. The van der Waals surface area contributed by atoms with Crippen LogP contribution < -0.4 is 15.6 Å². The van der Waals surface area contributed by atoms with Gasteiger partial charge in [0, 0.05) is 7.14 Å². The van der Waals surface area contributed by atoms with Crippen molar-refractivity contribution in [1.82, 2.24) is 10.9 Å². The third-order valence-electron chi connectivity index (χ3n) is 4.01. The number of rotatable bonds is 8. The van der Waals surface area contributed by atoms with E-state index in [1.165, 1.54) is 0 Å². The Morgan fingerprint density at radius 2 is 1.31 bits per heavy atom. The summed E-state index contributed by atoms with van der Waals surface area (Å²) in [7, 11) is 0. The van der Waals surface area contributed by atoms with Gasteiger partial charge in [0.25, 0.3) is 11.8 Å². The number of nitrogens with one attached hydrogen (secondary N) is 2. The van der Waals surface area contributed by atoms with E-state index in [1.807, 2.05) is 48.5 Å². The van der Waals surface area contributed by atoms with Gasteiger partial charge in [0.2, 0.25) is 0 Å². The molecule has 0 aliphatic heterocycles. The molecule has 0 saturated heterocycles. The first-order valence-corrected chi connectivity index (χ1v) is 11.6. The molecular formula is C23H18I2N4O3. The second kappa shape index (κ2) is 12.3. The van der Waals surface area contributed by atoms with E-state index in [0.717, 1.165) is 18.3 Å². The Morgan fingerprint density at radius 1 is 0.781 bits per heavy atom. The lowest BCUT2D eigenvalue weighted by molar-refractivity contribution is -0.123. The molecular weight excluding hydrogens is 634 g/mol. The van der Waals surface area contributed by atoms with Crippen LogP contribution in [0.15, 0.2) is 83.0 Å². The Morgan fingerprint density at radius 3 is 1.91 bits per heavy atom. The van der Waals surface area contributed by atoms with Crippen molar-refractivity contribution in [1.29, 1.82) is 0 Å². The monoisotopic (exact) mass is 652 g/mol. The fourth-order valence-electron chi connectivity index (χ4n) is 2.46. The highest BCUT2D eigenvalue weighted by atomic mass is 127. The number of hydrogen-bond donors (Lipinski definition) is 2. The lowest BCUT2D eigenvalue weighted by atomic mass is 10.2. The summed E-state index contributed by atoms with van der Waals surface area (Å²) in [5.41, 5.74) is 6.86. The summed E-state index contributed by atoms with van der Waals surface area (Å²) in [6.07, 6.45) is 3.09. The van der Waals surface area contributed by atoms with Gasteiger partial charge in [-0.1, -0.05) is 36.4 Å². The zero-order chi connectivity index (χ0) is 22.8. The number of ether oxygens (including phenoxy) is 1. The van der Waals surface area contributed by atoms with Gasteiger partial charge >= 0.3 is 0 Å². The van der Waals surface area contributed by atoms with Crippen LogP contribution >= 0.6 is 45.2 Å². The summed E-state index contributed by atoms with van der Waals surface area (Å²) in [6.45, 7) is -0.291. The zero-order valence-corrected chi connectivity index (χ0v) is 21.0. The number of halogens is 2. The Labute approximate surface area is 212 Å². The van der Waals surface area contributed by atoms with Crippen LogP contribution in [0, 0.1) is 7.14 Å². The van der Waals surface area contributed by atoms with Gasteiger partial charge < -0.3 is 4.74 Å². The van der Waals surface area contributed by atoms with Crippen molar-refractivity contribution in [3.8, 4) is 5.75 Å². The van der Waals surface area contributed by atoms with E-state index in [2.05, 4.69) is 66.2 Å². The molecule has 0 bridgehead atoms. The van der Waals surface area contributed by atoms with Crippen LogP contribution in [0.3, 0.4) is 0 Å². The minimum absolute atomic E-state index is 0.266. The number of benzene rings is 3. The van der Waals surface area contributed by atoms with Crippen molar-refractivity contribution in [2.45, 2.75) is 0 Å². The molecule has 0 heterocycles. The number of carbonyl (C=O) groups is 2. The number of hydrazone groups is 2. The SMILES string of the molecule is O=C(COc1ccccc1C(=O)NN=Cc1ccc(I)cc1)NN=Cc1ccc(I)cc1. The first-order chi connectivity index (χ1) is 15.5. The van der Waals surface area contributed by atoms with Crippen molar-refractivity contribution < 1.29 is 14.3 Å². The van der Waals surface area contributed by atoms with Gasteiger partial charge in [0.05, 0.1) is 18.0 Å². The van der Waals surface area contributed by atoms with Crippen LogP contribution in [0.4, 0.5) is 0 Å². The first kappa shape index (κ1) is 23.9. The second-order valence-corrected chi connectivity index (χ2v) is 8.87. The quantitative estimate of drug-likeness (QED) is 0.218. The van der Waals surface area contributed by atoms with Gasteiger partial charge in [-0.3, -0.25) is 9.59 Å². The molecule has 0 aliphatic carbocycles. The maximum atomic E-state index is 12.5. The molecule has 0 saturated carbocycles. The van der Waals surface area contributed by atoms with E-state index in [-0.39, 0.29) is 17.9 Å². The molecule has 9 heteroatoms. The first-order valence-electron chi connectivity index (χ1n) is 9.39. The molecule has 2 amide bonds. The highest BCUT2D eigenvalue weighted by Crippen LogP contribution is 2.17. The van der Waals surface area contributed by atoms with Gasteiger partial charge in [0.1, 0.15) is 5.75 Å². The third-order valence-corrected chi connectivity index (χ3v) is 5.45. The van der Waals surface area contributed by atoms with E-state index in [4.69, 9.17) is 4.74 Å². The fourth-order valence-corrected chi connectivity index (χ4v) is 3.18. The summed E-state index contributed by atoms with van der Waals surface area (Å²) in [6, 6.07) is 22.0. The van der Waals surface area contributed by atoms with Crippen molar-refractivity contribution in [3.05, 3.63) is 96.6 Å². The smallest absolute Gasteiger partial charge is 0.277 e. The van der Waals surface area contributed by atoms with Crippen molar-refractivity contribution in [2.75, 3.05) is 6.61 Å². The van der Waals surface area contributed by atoms with E-state index < -0.39 is 11.8 Å². The van der Waals surface area contributed by atoms with E-state index in [0.29, 0.717) is 0 Å². The summed E-state index contributed by atoms with van der Waals surface area (Å²) < 4.78 is 7.74. The van der Waals surface area contributed by atoms with Gasteiger partial charge in [-0.15, -0.1) is 0 Å². The van der Waals surface area contributed by atoms with Crippen LogP contribution in [-0.4, -0.2) is 30.9 Å². The summed E-state index contributed by atoms with van der Waals surface area (Å²) in [4.78, 5) is 24.5. The van der Waals surface area contributed by atoms with Gasteiger partial charge in [-0.2, -0.15) is 10.2 Å². The molecule has 32 heavy (non-hydrogen) atoms. The fraction of sp³-hybridized carbons (Fsp3) is 0.0435. The van der Waals surface area contributed by atoms with E-state index >= 15 is 0 Å². The predicted molar refractivity (Wildman–Crippen MR) is 141 cm³/mol. The minimum atomic E-state index is -0.446. The predicted octanol–water partition coefficient (Wildman–Crippen LogP) is 4.19. The van der Waals surface area contributed by atoms with Crippen molar-refractivity contribution >= 4 is 69.4 Å². The molecule has 3 aromatic rings. The van der Waals surface area contributed by atoms with Gasteiger partial charge in [-0.25, -0.2) is 10.9 Å². The van der Waals surface area contributed by atoms with E-state index in [1.54, 1.807) is 36.7 Å². The third kappa shape index (κ3) is 7.71. The van der Waals surface area contributed by atoms with E-state index in [9.17, 15) is 9.59 Å². The Bertz CT molecular complexity index is 1130. The Hall–Kier alpha value is -2.80. The molecule has 0 aromatic heterocycles. The molecule has 0 atom stereocenters. The molecule has 3 aromatic carbocycles. The number of para-hydroxylation sites is 1. The van der Waals surface area contributed by atoms with Gasteiger partial charge in [-0.05, 0) is 92.7 Å². The standard InChI is InChI=1S/C23H18I2N4O3/c24-18-9-5-16(6-10-18)13-26-28-22(30)15-32-21-4-2-1-3-20(21)23(31)29-27-14-17-7-11-19(25)12-8-17/h1-14H,15H2,(H,28,30)(H,29,31). The highest BCUT2D eigenvalue weighted by molar-refractivity contribution is 14.1. The molecule has 162 valence electrons. The Balaban J connectivity index is 1.52. The summed E-state index contributed by atoms with van der Waals surface area (Å²) >= 11 is 4.43. The molecule has 3 rings (SSSR count). The molecule has 0 spiro atoms. The van der Waals surface area contributed by atoms with Gasteiger partial charge in [0.15, 0.2) is 6.61 Å². The molecule has 0 unspecified atom stereocenters. The zero-order valence-electron chi connectivity index (χ0n) is 16.7. The largest absolute Gasteiger partial charge is 0.483 e. The number of hydrogen-bond acceptors (Lipinski definition) is 5. The lowest BCUT2D eigenvalue weighted by Crippen LogP contribution is -2.25. The van der Waals surface area contributed by atoms with Crippen LogP contribution in [0.1, 0.15) is 21.5 Å². The molecule has 2 N–H and O–H groups in total. The van der Waals surface area contributed by atoms with Crippen molar-refractivity contribution in [2.24, 2.45) is 10.2 Å². The summed E-state index contributed by atoms with van der Waals surface area (Å²) in [5, 5.41) is 7.89. The molecule has 0 radical (unpaired) electrons. The topological polar surface area (TPSA) is 92.2 Å². The molecule has 0 aliphatic rings. The second-order valence-electron chi connectivity index (χ2n) is 6.38. The summed E-state index contributed by atoms with van der Waals surface area (Å²) in [5.74, 6) is -0.621. The van der Waals surface area contributed by atoms with Crippen LogP contribution in [0.25, 0.3) is 0 Å². The average Bonchev–Trinajstić information content (AvgIpc) is 2.80. The lowest BCUT2D eigenvalue weighted by Gasteiger charge is -2.09. The van der Waals surface area contributed by atoms with Crippen LogP contribution in [0.5, 0.6) is 5.75 Å². The van der Waals surface area contributed by atoms with Crippen LogP contribution in [0.2, 0.25) is 0 Å². The number of nitrogens with zero attached hydrogens (tertiary/aromatic N) is 2. The minimum Gasteiger partial charge on any atom is -0.483 e. The van der Waals surface area contributed by atoms with Crippen molar-refractivity contribution in [3.63, 3.8) is 0 Å². The normalized spacial score (nSPS) is 10.9. The van der Waals surface area contributed by atoms with Crippen LogP contribution in [-0.2, 0) is 4.79 Å². The number of carbonyl (C=O) groups excluding carboxylic acids is 2. The Kier molecular flexibility index (Phi) is 9.16. The maximum absolute atomic E-state index is 12.5.